The highest BCUT2D eigenvalue weighted by atomic mass is 32.2. The van der Waals surface area contributed by atoms with E-state index in [1.165, 1.54) is 22.5 Å². The predicted molar refractivity (Wildman–Crippen MR) is 128 cm³/mol. The van der Waals surface area contributed by atoms with E-state index in [0.29, 0.717) is 37.6 Å². The van der Waals surface area contributed by atoms with Gasteiger partial charge in [0.2, 0.25) is 15.9 Å². The summed E-state index contributed by atoms with van der Waals surface area (Å²) >= 11 is 0. The van der Waals surface area contributed by atoms with Crippen LogP contribution in [-0.2, 0) is 21.9 Å². The van der Waals surface area contributed by atoms with E-state index in [4.69, 9.17) is 0 Å². The van der Waals surface area contributed by atoms with Crippen molar-refractivity contribution in [3.05, 3.63) is 83.7 Å². The zero-order valence-corrected chi connectivity index (χ0v) is 20.0. The molecule has 2 aromatic carbocycles. The zero-order valence-electron chi connectivity index (χ0n) is 19.2. The number of halogens is 1. The van der Waals surface area contributed by atoms with Gasteiger partial charge in [-0.15, -0.1) is 0 Å². The molecular weight excluding hydrogens is 457 g/mol. The van der Waals surface area contributed by atoms with Gasteiger partial charge in [-0.3, -0.25) is 4.79 Å². The summed E-state index contributed by atoms with van der Waals surface area (Å²) in [6.45, 7) is 3.71. The standard InChI is InChI=1S/C24H28FN5O3S/c1-18-5-3-8-21(15-18)29-11-13-30(14-12-29)34(32,33)17-22(31)27-23(24-26-9-10-28(24)2)19-6-4-7-20(25)16-19/h3-10,15-16,23H,11-14,17H2,1-2H3,(H,27,31). The van der Waals surface area contributed by atoms with E-state index in [1.54, 1.807) is 30.1 Å². The van der Waals surface area contributed by atoms with Gasteiger partial charge in [-0.05, 0) is 42.3 Å². The Morgan fingerprint density at radius 3 is 2.50 bits per heavy atom. The molecule has 4 rings (SSSR count). The molecule has 1 amide bonds. The Bertz CT molecular complexity index is 1270. The van der Waals surface area contributed by atoms with Gasteiger partial charge in [0.1, 0.15) is 23.4 Å². The molecule has 180 valence electrons. The molecule has 1 N–H and O–H groups in total. The molecule has 1 atom stereocenters. The molecule has 0 saturated carbocycles. The Morgan fingerprint density at radius 1 is 1.12 bits per heavy atom. The predicted octanol–water partition coefficient (Wildman–Crippen LogP) is 2.23. The van der Waals surface area contributed by atoms with Gasteiger partial charge >= 0.3 is 0 Å². The molecule has 0 spiro atoms. The summed E-state index contributed by atoms with van der Waals surface area (Å²) in [4.78, 5) is 19.2. The van der Waals surface area contributed by atoms with Gasteiger partial charge in [0, 0.05) is 51.3 Å². The minimum Gasteiger partial charge on any atom is -0.369 e. The van der Waals surface area contributed by atoms with Gasteiger partial charge in [0.05, 0.1) is 0 Å². The zero-order chi connectivity index (χ0) is 24.3. The maximum atomic E-state index is 13.9. The topological polar surface area (TPSA) is 87.5 Å². The molecule has 0 aliphatic carbocycles. The maximum Gasteiger partial charge on any atom is 0.237 e. The second-order valence-corrected chi connectivity index (χ2v) is 10.4. The van der Waals surface area contributed by atoms with Crippen LogP contribution >= 0.6 is 0 Å². The largest absolute Gasteiger partial charge is 0.369 e. The van der Waals surface area contributed by atoms with Crippen molar-refractivity contribution in [2.24, 2.45) is 7.05 Å². The maximum absolute atomic E-state index is 13.9. The van der Waals surface area contributed by atoms with Crippen LogP contribution in [0.5, 0.6) is 0 Å². The fourth-order valence-corrected chi connectivity index (χ4v) is 5.46. The Hall–Kier alpha value is -3.24. The molecule has 2 heterocycles. The number of piperazine rings is 1. The number of anilines is 1. The van der Waals surface area contributed by atoms with Crippen LogP contribution in [0.15, 0.2) is 60.9 Å². The first-order valence-corrected chi connectivity index (χ1v) is 12.7. The van der Waals surface area contributed by atoms with Crippen LogP contribution in [0, 0.1) is 12.7 Å². The van der Waals surface area contributed by atoms with E-state index >= 15 is 0 Å². The highest BCUT2D eigenvalue weighted by Gasteiger charge is 2.31. The van der Waals surface area contributed by atoms with Crippen LogP contribution in [0.1, 0.15) is 23.0 Å². The number of hydrogen-bond donors (Lipinski definition) is 1. The summed E-state index contributed by atoms with van der Waals surface area (Å²) in [5, 5.41) is 2.73. The number of nitrogens with zero attached hydrogens (tertiary/aromatic N) is 4. The lowest BCUT2D eigenvalue weighted by Gasteiger charge is -2.35. The number of sulfonamides is 1. The fourth-order valence-electron chi connectivity index (χ4n) is 4.15. The van der Waals surface area contributed by atoms with Crippen molar-refractivity contribution in [2.75, 3.05) is 36.8 Å². The lowest BCUT2D eigenvalue weighted by atomic mass is 10.1. The van der Waals surface area contributed by atoms with Crippen LogP contribution < -0.4 is 10.2 Å². The van der Waals surface area contributed by atoms with Gasteiger partial charge in [-0.1, -0.05) is 24.3 Å². The smallest absolute Gasteiger partial charge is 0.237 e. The number of benzene rings is 2. The second-order valence-electron chi connectivity index (χ2n) is 8.43. The summed E-state index contributed by atoms with van der Waals surface area (Å²) in [6.07, 6.45) is 3.27. The highest BCUT2D eigenvalue weighted by molar-refractivity contribution is 7.89. The van der Waals surface area contributed by atoms with Gasteiger partial charge in [-0.2, -0.15) is 4.31 Å². The summed E-state index contributed by atoms with van der Waals surface area (Å²) < 4.78 is 42.9. The number of amides is 1. The molecule has 1 aliphatic heterocycles. The van der Waals surface area contributed by atoms with Crippen molar-refractivity contribution >= 4 is 21.6 Å². The Kier molecular flexibility index (Phi) is 6.99. The first-order chi connectivity index (χ1) is 16.2. The van der Waals surface area contributed by atoms with Crippen molar-refractivity contribution in [2.45, 2.75) is 13.0 Å². The van der Waals surface area contributed by atoms with Crippen LogP contribution in [0.4, 0.5) is 10.1 Å². The van der Waals surface area contributed by atoms with Gasteiger partial charge in [0.15, 0.2) is 0 Å². The van der Waals surface area contributed by atoms with Crippen molar-refractivity contribution in [1.29, 1.82) is 0 Å². The molecule has 0 radical (unpaired) electrons. The molecule has 1 aliphatic rings. The van der Waals surface area contributed by atoms with Crippen LogP contribution in [0.3, 0.4) is 0 Å². The number of carbonyl (C=O) groups excluding carboxylic acids is 1. The molecule has 1 unspecified atom stereocenters. The normalized spacial score (nSPS) is 15.8. The van der Waals surface area contributed by atoms with Gasteiger partial charge in [0.25, 0.3) is 0 Å². The van der Waals surface area contributed by atoms with Crippen LogP contribution in [-0.4, -0.2) is 60.1 Å². The lowest BCUT2D eigenvalue weighted by molar-refractivity contribution is -0.119. The van der Waals surface area contributed by atoms with Crippen molar-refractivity contribution in [1.82, 2.24) is 19.2 Å². The van der Waals surface area contributed by atoms with Crippen molar-refractivity contribution in [3.8, 4) is 0 Å². The SMILES string of the molecule is Cc1cccc(N2CCN(S(=O)(=O)CC(=O)NC(c3cccc(F)c3)c3nccn3C)CC2)c1. The third-order valence-corrected chi connectivity index (χ3v) is 7.70. The van der Waals surface area contributed by atoms with E-state index in [2.05, 4.69) is 21.3 Å². The average molecular weight is 486 g/mol. The third kappa shape index (κ3) is 5.45. The van der Waals surface area contributed by atoms with Crippen molar-refractivity contribution < 1.29 is 17.6 Å². The number of aryl methyl sites for hydroxylation is 2. The summed E-state index contributed by atoms with van der Waals surface area (Å²) in [6, 6.07) is 13.1. The summed E-state index contributed by atoms with van der Waals surface area (Å²) in [5.74, 6) is -1.33. The molecule has 1 aromatic heterocycles. The molecule has 1 saturated heterocycles. The summed E-state index contributed by atoms with van der Waals surface area (Å²) in [5.41, 5.74) is 2.68. The Labute approximate surface area is 199 Å². The van der Waals surface area contributed by atoms with Gasteiger partial charge < -0.3 is 14.8 Å². The molecule has 8 nitrogen and oxygen atoms in total. The monoisotopic (exact) mass is 485 g/mol. The minimum absolute atomic E-state index is 0.302. The molecule has 1 fully saturated rings. The van der Waals surface area contributed by atoms with E-state index in [9.17, 15) is 17.6 Å². The number of hydrogen-bond acceptors (Lipinski definition) is 5. The van der Waals surface area contributed by atoms with Crippen LogP contribution in [0.25, 0.3) is 0 Å². The fraction of sp³-hybridized carbons (Fsp3) is 0.333. The van der Waals surface area contributed by atoms with E-state index < -0.39 is 33.5 Å². The van der Waals surface area contributed by atoms with Crippen molar-refractivity contribution in [3.63, 3.8) is 0 Å². The van der Waals surface area contributed by atoms with E-state index in [0.717, 1.165) is 11.3 Å². The molecule has 10 heteroatoms. The van der Waals surface area contributed by atoms with Gasteiger partial charge in [-0.25, -0.2) is 17.8 Å². The first-order valence-electron chi connectivity index (χ1n) is 11.0. The van der Waals surface area contributed by atoms with E-state index in [-0.39, 0.29) is 0 Å². The molecular formula is C24H28FN5O3S. The number of carbonyl (C=O) groups is 1. The summed E-state index contributed by atoms with van der Waals surface area (Å²) in [7, 11) is -2.06. The molecule has 34 heavy (non-hydrogen) atoms. The third-order valence-electron chi connectivity index (χ3n) is 5.92. The Balaban J connectivity index is 1.43. The number of imidazole rings is 1. The molecule has 0 bridgehead atoms. The Morgan fingerprint density at radius 2 is 1.85 bits per heavy atom. The quantitative estimate of drug-likeness (QED) is 0.555. The van der Waals surface area contributed by atoms with E-state index in [1.807, 2.05) is 25.1 Å². The second kappa shape index (κ2) is 9.94. The van der Waals surface area contributed by atoms with Crippen LogP contribution in [0.2, 0.25) is 0 Å². The first kappa shape index (κ1) is 23.9. The lowest BCUT2D eigenvalue weighted by Crippen LogP contribution is -2.50. The molecule has 3 aromatic rings. The number of nitrogens with one attached hydrogen (secondary N) is 1. The minimum atomic E-state index is -3.82. The number of aromatic nitrogens is 2. The average Bonchev–Trinajstić information content (AvgIpc) is 3.23. The highest BCUT2D eigenvalue weighted by Crippen LogP contribution is 2.22. The number of rotatable bonds is 7.